The van der Waals surface area contributed by atoms with Crippen molar-refractivity contribution >= 4 is 17.7 Å². The van der Waals surface area contributed by atoms with Crippen molar-refractivity contribution < 1.29 is 14.3 Å². The molecule has 12 heavy (non-hydrogen) atoms. The van der Waals surface area contributed by atoms with Gasteiger partial charge >= 0.3 is 5.97 Å². The second-order valence-electron chi connectivity index (χ2n) is 2.42. The van der Waals surface area contributed by atoms with Crippen molar-refractivity contribution in [3.05, 3.63) is 24.2 Å². The minimum Gasteiger partial charge on any atom is -0.480 e. The Bertz CT molecular complexity index is 243. The quantitative estimate of drug-likeness (QED) is 0.781. The largest absolute Gasteiger partial charge is 0.480 e. The molecule has 1 N–H and O–H groups in total. The number of carbonyl (C=O) groups is 1. The van der Waals surface area contributed by atoms with Crippen LogP contribution in [-0.2, 0) is 10.5 Å². The minimum atomic E-state index is -0.775. The zero-order valence-electron chi connectivity index (χ0n) is 6.69. The number of furan rings is 1. The molecular formula is C8H10O3S. The highest BCUT2D eigenvalue weighted by Gasteiger charge is 2.10. The van der Waals surface area contributed by atoms with Gasteiger partial charge in [0, 0.05) is 11.3 Å². The smallest absolute Gasteiger partial charge is 0.316 e. The van der Waals surface area contributed by atoms with E-state index in [1.807, 2.05) is 6.07 Å². The third-order valence-electron chi connectivity index (χ3n) is 1.43. The van der Waals surface area contributed by atoms with Gasteiger partial charge in [-0.15, -0.1) is 11.8 Å². The summed E-state index contributed by atoms with van der Waals surface area (Å²) in [6.45, 7) is 1.67. The predicted octanol–water partition coefficient (Wildman–Crippen LogP) is 1.99. The summed E-state index contributed by atoms with van der Waals surface area (Å²) < 4.78 is 4.85. The van der Waals surface area contributed by atoms with E-state index in [-0.39, 0.29) is 5.25 Å². The standard InChI is InChI=1S/C8H10O3S/c1-6(8(9)10)12-5-7-2-3-11-4-7/h2-4,6H,5H2,1H3,(H,9,10). The monoisotopic (exact) mass is 186 g/mol. The second kappa shape index (κ2) is 4.21. The van der Waals surface area contributed by atoms with Gasteiger partial charge in [-0.2, -0.15) is 0 Å². The van der Waals surface area contributed by atoms with Crippen molar-refractivity contribution in [1.82, 2.24) is 0 Å². The fourth-order valence-corrected chi connectivity index (χ4v) is 1.42. The average Bonchev–Trinajstić information content (AvgIpc) is 2.51. The lowest BCUT2D eigenvalue weighted by atomic mass is 10.4. The molecular weight excluding hydrogens is 176 g/mol. The summed E-state index contributed by atoms with van der Waals surface area (Å²) in [4.78, 5) is 10.4. The molecule has 0 aromatic carbocycles. The molecule has 0 saturated heterocycles. The van der Waals surface area contributed by atoms with Crippen LogP contribution in [0.5, 0.6) is 0 Å². The Balaban J connectivity index is 2.31. The maximum atomic E-state index is 10.4. The van der Waals surface area contributed by atoms with E-state index in [2.05, 4.69) is 0 Å². The third-order valence-corrected chi connectivity index (χ3v) is 2.63. The Morgan fingerprint density at radius 1 is 1.83 bits per heavy atom. The Kier molecular flexibility index (Phi) is 3.22. The van der Waals surface area contributed by atoms with Crippen molar-refractivity contribution in [2.24, 2.45) is 0 Å². The normalized spacial score (nSPS) is 12.8. The summed E-state index contributed by atoms with van der Waals surface area (Å²) in [7, 11) is 0. The molecule has 1 rings (SSSR count). The summed E-state index contributed by atoms with van der Waals surface area (Å²) in [5, 5.41) is 8.21. The zero-order valence-corrected chi connectivity index (χ0v) is 7.50. The van der Waals surface area contributed by atoms with E-state index < -0.39 is 5.97 Å². The first-order valence-electron chi connectivity index (χ1n) is 3.55. The fraction of sp³-hybridized carbons (Fsp3) is 0.375. The van der Waals surface area contributed by atoms with Gasteiger partial charge in [-0.25, -0.2) is 0 Å². The number of hydrogen-bond donors (Lipinski definition) is 1. The number of rotatable bonds is 4. The molecule has 1 atom stereocenters. The van der Waals surface area contributed by atoms with E-state index in [0.717, 1.165) is 5.56 Å². The highest BCUT2D eigenvalue weighted by molar-refractivity contribution is 7.99. The van der Waals surface area contributed by atoms with Gasteiger partial charge in [-0.3, -0.25) is 4.79 Å². The lowest BCUT2D eigenvalue weighted by Gasteiger charge is -2.02. The van der Waals surface area contributed by atoms with Crippen LogP contribution in [0.1, 0.15) is 12.5 Å². The van der Waals surface area contributed by atoms with Gasteiger partial charge in [0.25, 0.3) is 0 Å². The van der Waals surface area contributed by atoms with Gasteiger partial charge < -0.3 is 9.52 Å². The second-order valence-corrected chi connectivity index (χ2v) is 3.75. The van der Waals surface area contributed by atoms with Crippen LogP contribution in [0.25, 0.3) is 0 Å². The van der Waals surface area contributed by atoms with Crippen LogP contribution < -0.4 is 0 Å². The van der Waals surface area contributed by atoms with E-state index in [1.54, 1.807) is 19.5 Å². The van der Waals surface area contributed by atoms with Gasteiger partial charge in [0.15, 0.2) is 0 Å². The minimum absolute atomic E-state index is 0.361. The molecule has 0 bridgehead atoms. The van der Waals surface area contributed by atoms with Crippen molar-refractivity contribution in [2.45, 2.75) is 17.9 Å². The molecule has 0 spiro atoms. The van der Waals surface area contributed by atoms with Crippen molar-refractivity contribution in [3.63, 3.8) is 0 Å². The molecule has 1 aromatic rings. The number of hydrogen-bond acceptors (Lipinski definition) is 3. The van der Waals surface area contributed by atoms with Crippen LogP contribution in [-0.4, -0.2) is 16.3 Å². The number of carboxylic acids is 1. The fourth-order valence-electron chi connectivity index (χ4n) is 0.667. The Hall–Kier alpha value is -0.900. The van der Waals surface area contributed by atoms with E-state index in [9.17, 15) is 4.79 Å². The summed E-state index contributed by atoms with van der Waals surface area (Å²) in [5.41, 5.74) is 1.02. The van der Waals surface area contributed by atoms with Crippen LogP contribution in [0, 0.1) is 0 Å². The zero-order chi connectivity index (χ0) is 8.97. The lowest BCUT2D eigenvalue weighted by molar-refractivity contribution is -0.136. The first-order chi connectivity index (χ1) is 5.70. The Morgan fingerprint density at radius 3 is 3.08 bits per heavy atom. The molecule has 1 aromatic heterocycles. The maximum Gasteiger partial charge on any atom is 0.316 e. The molecule has 0 amide bonds. The van der Waals surface area contributed by atoms with Gasteiger partial charge in [-0.1, -0.05) is 0 Å². The Morgan fingerprint density at radius 2 is 2.58 bits per heavy atom. The summed E-state index contributed by atoms with van der Waals surface area (Å²) in [6.07, 6.45) is 3.21. The van der Waals surface area contributed by atoms with Crippen molar-refractivity contribution in [2.75, 3.05) is 0 Å². The first kappa shape index (κ1) is 9.19. The van der Waals surface area contributed by atoms with Crippen molar-refractivity contribution in [3.8, 4) is 0 Å². The molecule has 66 valence electrons. The molecule has 0 aliphatic rings. The van der Waals surface area contributed by atoms with Crippen LogP contribution in [0.2, 0.25) is 0 Å². The van der Waals surface area contributed by atoms with Gasteiger partial charge in [0.2, 0.25) is 0 Å². The molecule has 0 saturated carbocycles. The van der Waals surface area contributed by atoms with Crippen LogP contribution in [0.4, 0.5) is 0 Å². The highest BCUT2D eigenvalue weighted by atomic mass is 32.2. The molecule has 3 nitrogen and oxygen atoms in total. The van der Waals surface area contributed by atoms with Gasteiger partial charge in [0.05, 0.1) is 17.8 Å². The third kappa shape index (κ3) is 2.62. The molecule has 1 heterocycles. The number of thioether (sulfide) groups is 1. The lowest BCUT2D eigenvalue weighted by Crippen LogP contribution is -2.11. The maximum absolute atomic E-state index is 10.4. The average molecular weight is 186 g/mol. The summed E-state index contributed by atoms with van der Waals surface area (Å²) in [6, 6.07) is 1.83. The van der Waals surface area contributed by atoms with E-state index >= 15 is 0 Å². The van der Waals surface area contributed by atoms with Gasteiger partial charge in [-0.05, 0) is 13.0 Å². The predicted molar refractivity (Wildman–Crippen MR) is 47.1 cm³/mol. The van der Waals surface area contributed by atoms with E-state index in [4.69, 9.17) is 9.52 Å². The molecule has 0 radical (unpaired) electrons. The topological polar surface area (TPSA) is 50.4 Å². The molecule has 0 aliphatic heterocycles. The molecule has 0 fully saturated rings. The highest BCUT2D eigenvalue weighted by Crippen LogP contribution is 2.17. The SMILES string of the molecule is CC(SCc1ccoc1)C(=O)O. The van der Waals surface area contributed by atoms with E-state index in [0.29, 0.717) is 5.75 Å². The molecule has 1 unspecified atom stereocenters. The van der Waals surface area contributed by atoms with Crippen molar-refractivity contribution in [1.29, 1.82) is 0 Å². The van der Waals surface area contributed by atoms with Gasteiger partial charge in [0.1, 0.15) is 0 Å². The molecule has 0 aliphatic carbocycles. The molecule has 4 heteroatoms. The number of carboxylic acid groups (broad SMARTS) is 1. The Labute approximate surface area is 74.8 Å². The van der Waals surface area contributed by atoms with E-state index in [1.165, 1.54) is 11.8 Å². The summed E-state index contributed by atoms with van der Waals surface area (Å²) >= 11 is 1.38. The summed E-state index contributed by atoms with van der Waals surface area (Å²) in [5.74, 6) is -0.0901. The number of aliphatic carboxylic acids is 1. The first-order valence-corrected chi connectivity index (χ1v) is 4.60. The van der Waals surface area contributed by atoms with Crippen LogP contribution in [0.3, 0.4) is 0 Å². The van der Waals surface area contributed by atoms with Crippen LogP contribution >= 0.6 is 11.8 Å². The van der Waals surface area contributed by atoms with Crippen LogP contribution in [0.15, 0.2) is 23.0 Å².